The van der Waals surface area contributed by atoms with Crippen LogP contribution in [0.1, 0.15) is 56.0 Å². The van der Waals surface area contributed by atoms with Crippen molar-refractivity contribution < 1.29 is 0 Å². The molecule has 58 heavy (non-hydrogen) atoms. The van der Waals surface area contributed by atoms with Gasteiger partial charge in [-0.25, -0.2) is 29.9 Å². The van der Waals surface area contributed by atoms with Gasteiger partial charge in [-0.15, -0.1) is 11.3 Å². The summed E-state index contributed by atoms with van der Waals surface area (Å²) in [7, 11) is 0. The second-order valence-corrected chi connectivity index (χ2v) is 16.5. The fourth-order valence-electron chi connectivity index (χ4n) is 7.44. The number of rotatable bonds is 8. The molecule has 8 nitrogen and oxygen atoms in total. The van der Waals surface area contributed by atoms with Gasteiger partial charge in [0.15, 0.2) is 21.9 Å². The Hall–Kier alpha value is -6.36. The Morgan fingerprint density at radius 1 is 0.552 bits per heavy atom. The predicted molar refractivity (Wildman–Crippen MR) is 237 cm³/mol. The molecule has 0 radical (unpaired) electrons. The summed E-state index contributed by atoms with van der Waals surface area (Å²) in [5.74, 6) is 1.80. The second kappa shape index (κ2) is 17.0. The Kier molecular flexibility index (Phi) is 10.9. The molecule has 0 N–H and O–H groups in total. The fourth-order valence-corrected chi connectivity index (χ4v) is 9.39. The van der Waals surface area contributed by atoms with Crippen molar-refractivity contribution in [3.05, 3.63) is 196 Å². The smallest absolute Gasteiger partial charge is 0.186 e. The van der Waals surface area contributed by atoms with E-state index in [1.54, 1.807) is 36.1 Å². The van der Waals surface area contributed by atoms with Gasteiger partial charge in [0.1, 0.15) is 0 Å². The minimum absolute atomic E-state index is 0.309. The van der Waals surface area contributed by atoms with E-state index in [1.165, 1.54) is 32.7 Å². The van der Waals surface area contributed by atoms with E-state index in [9.17, 15) is 0 Å². The molecule has 4 aromatic carbocycles. The van der Waals surface area contributed by atoms with Gasteiger partial charge in [-0.05, 0) is 63.9 Å². The van der Waals surface area contributed by atoms with Gasteiger partial charge in [0.05, 0.1) is 4.88 Å². The minimum atomic E-state index is 0.309. The molecule has 2 aliphatic rings. The molecule has 4 aromatic heterocycles. The number of aromatic nitrogens is 6. The van der Waals surface area contributed by atoms with Crippen LogP contribution in [-0.4, -0.2) is 43.0 Å². The van der Waals surface area contributed by atoms with Gasteiger partial charge < -0.3 is 9.80 Å². The third kappa shape index (κ3) is 8.20. The number of thiazole rings is 2. The van der Waals surface area contributed by atoms with Gasteiger partial charge in [0.25, 0.3) is 0 Å². The van der Waals surface area contributed by atoms with E-state index < -0.39 is 0 Å². The zero-order chi connectivity index (χ0) is 39.3. The maximum atomic E-state index is 4.75. The highest BCUT2D eigenvalue weighted by atomic mass is 32.1. The fraction of sp³-hybridized carbons (Fsp3) is 0.167. The number of benzene rings is 4. The highest BCUT2D eigenvalue weighted by Gasteiger charge is 2.22. The molecule has 0 saturated heterocycles. The van der Waals surface area contributed by atoms with E-state index in [0.717, 1.165) is 88.1 Å². The molecule has 0 saturated carbocycles. The first-order valence-corrected chi connectivity index (χ1v) is 21.2. The molecule has 0 aliphatic carbocycles. The Morgan fingerprint density at radius 3 is 1.59 bits per heavy atom. The Labute approximate surface area is 347 Å². The van der Waals surface area contributed by atoms with Gasteiger partial charge in [0.2, 0.25) is 0 Å². The van der Waals surface area contributed by atoms with Crippen molar-refractivity contribution in [1.82, 2.24) is 29.9 Å². The molecular formula is C48H42N8S2. The summed E-state index contributed by atoms with van der Waals surface area (Å²) in [4.78, 5) is 33.9. The lowest BCUT2D eigenvalue weighted by Crippen LogP contribution is -2.30. The molecule has 2 aliphatic heterocycles. The third-order valence-electron chi connectivity index (χ3n) is 10.8. The monoisotopic (exact) mass is 794 g/mol. The molecule has 8 aromatic rings. The molecule has 0 spiro atoms. The van der Waals surface area contributed by atoms with Crippen LogP contribution in [-0.2, 0) is 25.9 Å². The zero-order valence-electron chi connectivity index (χ0n) is 32.3. The Morgan fingerprint density at radius 2 is 1.03 bits per heavy atom. The number of hydrogen-bond acceptors (Lipinski definition) is 10. The summed E-state index contributed by atoms with van der Waals surface area (Å²) in [6.45, 7) is 10.5. The second-order valence-electron chi connectivity index (χ2n) is 14.5. The molecule has 6 heterocycles. The maximum Gasteiger partial charge on any atom is 0.186 e. The van der Waals surface area contributed by atoms with Gasteiger partial charge in [-0.3, -0.25) is 0 Å². The van der Waals surface area contributed by atoms with Crippen LogP contribution in [0.4, 0.5) is 10.3 Å². The topological polar surface area (TPSA) is 83.8 Å². The maximum absolute atomic E-state index is 4.75. The van der Waals surface area contributed by atoms with Crippen LogP contribution in [0.3, 0.4) is 0 Å². The van der Waals surface area contributed by atoms with Crippen LogP contribution in [0.15, 0.2) is 153 Å². The summed E-state index contributed by atoms with van der Waals surface area (Å²) in [6.07, 6.45) is 13.2. The average molecular weight is 795 g/mol. The molecule has 286 valence electrons. The van der Waals surface area contributed by atoms with Crippen molar-refractivity contribution in [2.45, 2.75) is 38.8 Å². The van der Waals surface area contributed by atoms with Crippen molar-refractivity contribution in [2.24, 2.45) is 0 Å². The lowest BCUT2D eigenvalue weighted by Gasteiger charge is -2.28. The van der Waals surface area contributed by atoms with Crippen molar-refractivity contribution in [2.75, 3.05) is 22.9 Å². The summed E-state index contributed by atoms with van der Waals surface area (Å²) in [6, 6.07) is 37.8. The van der Waals surface area contributed by atoms with Crippen LogP contribution in [0.25, 0.3) is 28.3 Å². The molecule has 0 bridgehead atoms. The lowest BCUT2D eigenvalue weighted by atomic mass is 9.99. The average Bonchev–Trinajstić information content (AvgIpc) is 4.01. The SMILES string of the molecule is C=C(c1ccc(-c2ncccn2)cc1)c1cnc(N2CCc3ccccc3C2)s1.CC(c1ccc(-c2ncccn2)cc1)c1cnc(N2CCc3ccccc3C2)s1. The van der Waals surface area contributed by atoms with E-state index in [4.69, 9.17) is 4.98 Å². The molecule has 1 atom stereocenters. The van der Waals surface area contributed by atoms with E-state index in [0.29, 0.717) is 5.92 Å². The first-order chi connectivity index (χ1) is 28.6. The van der Waals surface area contributed by atoms with E-state index in [1.807, 2.05) is 48.0 Å². The molecule has 10 rings (SSSR count). The van der Waals surface area contributed by atoms with Crippen LogP contribution in [0.2, 0.25) is 0 Å². The minimum Gasteiger partial charge on any atom is -0.343 e. The number of nitrogens with zero attached hydrogens (tertiary/aromatic N) is 8. The van der Waals surface area contributed by atoms with Crippen molar-refractivity contribution in [3.63, 3.8) is 0 Å². The van der Waals surface area contributed by atoms with Crippen LogP contribution >= 0.6 is 22.7 Å². The van der Waals surface area contributed by atoms with Gasteiger partial charge in [-0.2, -0.15) is 0 Å². The third-order valence-corrected chi connectivity index (χ3v) is 13.2. The van der Waals surface area contributed by atoms with Crippen molar-refractivity contribution in [3.8, 4) is 22.8 Å². The summed E-state index contributed by atoms with van der Waals surface area (Å²) < 4.78 is 0. The largest absolute Gasteiger partial charge is 0.343 e. The zero-order valence-corrected chi connectivity index (χ0v) is 33.9. The van der Waals surface area contributed by atoms with E-state index in [2.05, 4.69) is 133 Å². The first kappa shape index (κ1) is 37.2. The highest BCUT2D eigenvalue weighted by molar-refractivity contribution is 7.16. The van der Waals surface area contributed by atoms with Crippen molar-refractivity contribution >= 4 is 38.5 Å². The number of hydrogen-bond donors (Lipinski definition) is 0. The number of anilines is 2. The Bertz CT molecular complexity index is 2620. The summed E-state index contributed by atoms with van der Waals surface area (Å²) in [5, 5.41) is 2.18. The lowest BCUT2D eigenvalue weighted by molar-refractivity contribution is 0.729. The molecule has 0 amide bonds. The van der Waals surface area contributed by atoms with Gasteiger partial charge >= 0.3 is 0 Å². The van der Waals surface area contributed by atoms with E-state index in [-0.39, 0.29) is 0 Å². The normalized spacial score (nSPS) is 13.8. The summed E-state index contributed by atoms with van der Waals surface area (Å²) >= 11 is 3.52. The van der Waals surface area contributed by atoms with Gasteiger partial charge in [-0.1, -0.05) is 122 Å². The quantitative estimate of drug-likeness (QED) is 0.150. The van der Waals surface area contributed by atoms with Crippen molar-refractivity contribution in [1.29, 1.82) is 0 Å². The standard InChI is InChI=1S/C24H22N4S.C24H20N4S/c2*1-17(18-7-9-20(10-8-18)23-25-12-4-13-26-23)22-15-27-24(29-22)28-14-11-19-5-2-3-6-21(19)16-28/h2-10,12-13,15,17H,11,14,16H2,1H3;2-10,12-13,15H,1,11,14,16H2. The summed E-state index contributed by atoms with van der Waals surface area (Å²) in [5.41, 5.74) is 11.1. The van der Waals surface area contributed by atoms with E-state index >= 15 is 0 Å². The van der Waals surface area contributed by atoms with Crippen LogP contribution < -0.4 is 9.80 Å². The predicted octanol–water partition coefficient (Wildman–Crippen LogP) is 10.5. The molecular weight excluding hydrogens is 753 g/mol. The molecule has 1 unspecified atom stereocenters. The number of fused-ring (bicyclic) bond motifs is 2. The van der Waals surface area contributed by atoms with Crippen LogP contribution in [0.5, 0.6) is 0 Å². The molecule has 10 heteroatoms. The van der Waals surface area contributed by atoms with Gasteiger partial charge in [0, 0.05) is 85.3 Å². The highest BCUT2D eigenvalue weighted by Crippen LogP contribution is 2.36. The first-order valence-electron chi connectivity index (χ1n) is 19.6. The Balaban J connectivity index is 0.000000150. The molecule has 0 fully saturated rings. The van der Waals surface area contributed by atoms with Crippen LogP contribution in [0, 0.1) is 0 Å².